The minimum atomic E-state index is -2.99. The van der Waals surface area contributed by atoms with Crippen molar-refractivity contribution in [3.63, 3.8) is 0 Å². The summed E-state index contributed by atoms with van der Waals surface area (Å²) in [5, 5.41) is 0. The second-order valence-corrected chi connectivity index (χ2v) is 11.1. The molecule has 1 unspecified atom stereocenters. The van der Waals surface area contributed by atoms with Gasteiger partial charge in [-0.25, -0.2) is 8.42 Å². The normalized spacial score (nSPS) is 26.0. The molecule has 160 valence electrons. The molecule has 0 spiro atoms. The molecule has 3 fully saturated rings. The lowest BCUT2D eigenvalue weighted by Crippen LogP contribution is -2.53. The number of hydrogen-bond donors (Lipinski definition) is 0. The largest absolute Gasteiger partial charge is 0.335 e. The fourth-order valence-corrected chi connectivity index (χ4v) is 6.81. The molecule has 2 heterocycles. The number of hydrogen-bond acceptors (Lipinski definition) is 5. The Morgan fingerprint density at radius 3 is 2.21 bits per heavy atom. The van der Waals surface area contributed by atoms with Gasteiger partial charge in [-0.15, -0.1) is 0 Å². The standard InChI is InChI=1S/C22H33N3O3S/c26-22(25(20-8-4-5-9-20)21-10-15-29(27,28)18-21)17-24-13-11-23(12-14-24)16-19-6-2-1-3-7-19/h1-3,6-7,20-21H,4-5,8-18H2. The Labute approximate surface area is 174 Å². The molecule has 6 nitrogen and oxygen atoms in total. The van der Waals surface area contributed by atoms with Gasteiger partial charge in [0.05, 0.1) is 18.1 Å². The zero-order valence-corrected chi connectivity index (χ0v) is 18.0. The van der Waals surface area contributed by atoms with Crippen molar-refractivity contribution >= 4 is 15.7 Å². The minimum Gasteiger partial charge on any atom is -0.335 e. The average Bonchev–Trinajstić information content (AvgIpc) is 3.34. The highest BCUT2D eigenvalue weighted by atomic mass is 32.2. The number of benzene rings is 1. The summed E-state index contributed by atoms with van der Waals surface area (Å²) in [7, 11) is -2.99. The number of sulfone groups is 1. The van der Waals surface area contributed by atoms with Crippen LogP contribution in [0.3, 0.4) is 0 Å². The SMILES string of the molecule is O=C(CN1CCN(Cc2ccccc2)CC1)N(C1CCCC1)C1CCS(=O)(=O)C1. The highest BCUT2D eigenvalue weighted by Gasteiger charge is 2.39. The van der Waals surface area contributed by atoms with Crippen LogP contribution in [-0.4, -0.2) is 85.3 Å². The summed E-state index contributed by atoms with van der Waals surface area (Å²) in [5.41, 5.74) is 1.33. The zero-order chi connectivity index (χ0) is 20.3. The van der Waals surface area contributed by atoms with E-state index in [9.17, 15) is 13.2 Å². The molecule has 0 radical (unpaired) electrons. The molecule has 1 amide bonds. The van der Waals surface area contributed by atoms with Crippen molar-refractivity contribution < 1.29 is 13.2 Å². The monoisotopic (exact) mass is 419 g/mol. The van der Waals surface area contributed by atoms with Crippen LogP contribution in [0.1, 0.15) is 37.7 Å². The number of piperazine rings is 1. The maximum absolute atomic E-state index is 13.2. The van der Waals surface area contributed by atoms with Gasteiger partial charge in [0, 0.05) is 44.8 Å². The first-order valence-corrected chi connectivity index (χ1v) is 12.8. The first-order valence-electron chi connectivity index (χ1n) is 11.0. The van der Waals surface area contributed by atoms with Crippen molar-refractivity contribution in [1.29, 1.82) is 0 Å². The molecule has 1 aliphatic carbocycles. The second kappa shape index (κ2) is 9.14. The predicted octanol–water partition coefficient (Wildman–Crippen LogP) is 1.76. The Morgan fingerprint density at radius 2 is 1.59 bits per heavy atom. The van der Waals surface area contributed by atoms with Gasteiger partial charge in [-0.2, -0.15) is 0 Å². The van der Waals surface area contributed by atoms with Crippen LogP contribution >= 0.6 is 0 Å². The third-order valence-electron chi connectivity index (χ3n) is 6.68. The Morgan fingerprint density at radius 1 is 0.931 bits per heavy atom. The Balaban J connectivity index is 1.32. The van der Waals surface area contributed by atoms with E-state index < -0.39 is 9.84 Å². The van der Waals surface area contributed by atoms with Crippen molar-refractivity contribution in [2.24, 2.45) is 0 Å². The van der Waals surface area contributed by atoms with E-state index in [0.717, 1.165) is 58.4 Å². The third kappa shape index (κ3) is 5.38. The van der Waals surface area contributed by atoms with E-state index in [1.54, 1.807) is 0 Å². The fraction of sp³-hybridized carbons (Fsp3) is 0.682. The maximum Gasteiger partial charge on any atom is 0.237 e. The van der Waals surface area contributed by atoms with Crippen molar-refractivity contribution in [1.82, 2.24) is 14.7 Å². The lowest BCUT2D eigenvalue weighted by atomic mass is 10.1. The summed E-state index contributed by atoms with van der Waals surface area (Å²) < 4.78 is 24.0. The summed E-state index contributed by atoms with van der Waals surface area (Å²) in [6.07, 6.45) is 4.94. The molecule has 0 aromatic heterocycles. The molecule has 29 heavy (non-hydrogen) atoms. The van der Waals surface area contributed by atoms with Gasteiger partial charge in [-0.3, -0.25) is 14.6 Å². The van der Waals surface area contributed by atoms with Gasteiger partial charge >= 0.3 is 0 Å². The van der Waals surface area contributed by atoms with Gasteiger partial charge in [0.1, 0.15) is 0 Å². The molecule has 0 bridgehead atoms. The van der Waals surface area contributed by atoms with Crippen molar-refractivity contribution in [2.75, 3.05) is 44.2 Å². The van der Waals surface area contributed by atoms with E-state index in [-0.39, 0.29) is 29.5 Å². The molecule has 1 atom stereocenters. The van der Waals surface area contributed by atoms with Gasteiger partial charge in [-0.1, -0.05) is 43.2 Å². The van der Waals surface area contributed by atoms with Crippen LogP contribution < -0.4 is 0 Å². The van der Waals surface area contributed by atoms with Crippen LogP contribution in [-0.2, 0) is 21.2 Å². The second-order valence-electron chi connectivity index (χ2n) is 8.83. The topological polar surface area (TPSA) is 60.9 Å². The minimum absolute atomic E-state index is 0.116. The molecule has 1 saturated carbocycles. The average molecular weight is 420 g/mol. The van der Waals surface area contributed by atoms with Crippen LogP contribution in [0.4, 0.5) is 0 Å². The van der Waals surface area contributed by atoms with Gasteiger partial charge in [0.2, 0.25) is 5.91 Å². The van der Waals surface area contributed by atoms with Crippen LogP contribution in [0.5, 0.6) is 0 Å². The first kappa shape index (κ1) is 20.8. The summed E-state index contributed by atoms with van der Waals surface area (Å²) >= 11 is 0. The van der Waals surface area contributed by atoms with Crippen LogP contribution in [0.25, 0.3) is 0 Å². The van der Waals surface area contributed by atoms with Gasteiger partial charge in [-0.05, 0) is 24.8 Å². The number of amides is 1. The highest BCUT2D eigenvalue weighted by Crippen LogP contribution is 2.29. The number of carbonyl (C=O) groups excluding carboxylic acids is 1. The predicted molar refractivity (Wildman–Crippen MR) is 114 cm³/mol. The Bertz CT molecular complexity index is 785. The van der Waals surface area contributed by atoms with Gasteiger partial charge < -0.3 is 4.90 Å². The molecule has 1 aromatic carbocycles. The van der Waals surface area contributed by atoms with Gasteiger partial charge in [0.15, 0.2) is 9.84 Å². The molecular formula is C22H33N3O3S. The summed E-state index contributed by atoms with van der Waals surface area (Å²) in [6.45, 7) is 5.08. The Kier molecular flexibility index (Phi) is 6.56. The van der Waals surface area contributed by atoms with E-state index in [1.165, 1.54) is 5.56 Å². The van der Waals surface area contributed by atoms with E-state index in [2.05, 4.69) is 34.1 Å². The molecule has 4 rings (SSSR count). The Hall–Kier alpha value is -1.44. The van der Waals surface area contributed by atoms with E-state index in [1.807, 2.05) is 11.0 Å². The summed E-state index contributed by atoms with van der Waals surface area (Å²) in [5.74, 6) is 0.516. The van der Waals surface area contributed by atoms with Gasteiger partial charge in [0.25, 0.3) is 0 Å². The number of carbonyl (C=O) groups is 1. The molecule has 7 heteroatoms. The molecule has 2 aliphatic heterocycles. The van der Waals surface area contributed by atoms with Crippen molar-refractivity contribution in [3.8, 4) is 0 Å². The summed E-state index contributed by atoms with van der Waals surface area (Å²) in [4.78, 5) is 19.9. The van der Waals surface area contributed by atoms with E-state index >= 15 is 0 Å². The molecule has 3 aliphatic rings. The first-order chi connectivity index (χ1) is 14.0. The summed E-state index contributed by atoms with van der Waals surface area (Å²) in [6, 6.07) is 10.6. The van der Waals surface area contributed by atoms with Crippen LogP contribution in [0.2, 0.25) is 0 Å². The fourth-order valence-electron chi connectivity index (χ4n) is 5.10. The lowest BCUT2D eigenvalue weighted by Gasteiger charge is -2.38. The highest BCUT2D eigenvalue weighted by molar-refractivity contribution is 7.91. The van der Waals surface area contributed by atoms with Crippen molar-refractivity contribution in [3.05, 3.63) is 35.9 Å². The molecular weight excluding hydrogens is 386 g/mol. The number of nitrogens with zero attached hydrogens (tertiary/aromatic N) is 3. The smallest absolute Gasteiger partial charge is 0.237 e. The number of rotatable bonds is 6. The maximum atomic E-state index is 13.2. The lowest BCUT2D eigenvalue weighted by molar-refractivity contribution is -0.137. The van der Waals surface area contributed by atoms with Crippen LogP contribution in [0, 0.1) is 0 Å². The van der Waals surface area contributed by atoms with E-state index in [4.69, 9.17) is 0 Å². The van der Waals surface area contributed by atoms with Crippen LogP contribution in [0.15, 0.2) is 30.3 Å². The van der Waals surface area contributed by atoms with Crippen molar-refractivity contribution in [2.45, 2.75) is 50.7 Å². The zero-order valence-electron chi connectivity index (χ0n) is 17.2. The quantitative estimate of drug-likeness (QED) is 0.703. The molecule has 2 saturated heterocycles. The molecule has 1 aromatic rings. The van der Waals surface area contributed by atoms with E-state index in [0.29, 0.717) is 13.0 Å². The molecule has 0 N–H and O–H groups in total. The third-order valence-corrected chi connectivity index (χ3v) is 8.43.